The van der Waals surface area contributed by atoms with Crippen LogP contribution in [0.4, 0.5) is 0 Å². The number of benzene rings is 1. The van der Waals surface area contributed by atoms with E-state index in [1.54, 1.807) is 6.07 Å². The number of carbonyl (C=O) groups excluding carboxylic acids is 3. The van der Waals surface area contributed by atoms with Gasteiger partial charge >= 0.3 is 11.9 Å². The first-order chi connectivity index (χ1) is 15.1. The number of ether oxygens (including phenoxy) is 1. The molecule has 0 fully saturated rings. The summed E-state index contributed by atoms with van der Waals surface area (Å²) in [4.78, 5) is 58.2. The Morgan fingerprint density at radius 1 is 1.03 bits per heavy atom. The summed E-state index contributed by atoms with van der Waals surface area (Å²) >= 11 is 0. The molecule has 1 aromatic carbocycles. The van der Waals surface area contributed by atoms with E-state index in [4.69, 9.17) is 14.9 Å². The summed E-state index contributed by atoms with van der Waals surface area (Å²) in [6.07, 6.45) is 2.13. The molecule has 0 spiro atoms. The highest BCUT2D eigenvalue weighted by Crippen LogP contribution is 2.22. The van der Waals surface area contributed by atoms with Gasteiger partial charge in [-0.05, 0) is 31.0 Å². The average molecular weight is 450 g/mol. The summed E-state index contributed by atoms with van der Waals surface area (Å²) in [7, 11) is 0. The zero-order valence-corrected chi connectivity index (χ0v) is 18.3. The van der Waals surface area contributed by atoms with Crippen LogP contribution in [0.15, 0.2) is 18.2 Å². The maximum absolute atomic E-state index is 12.6. The maximum atomic E-state index is 12.6. The molecule has 4 N–H and O–H groups in total. The number of carboxylic acids is 2. The van der Waals surface area contributed by atoms with Gasteiger partial charge in [0.1, 0.15) is 11.8 Å². The van der Waals surface area contributed by atoms with Gasteiger partial charge < -0.3 is 25.6 Å². The van der Waals surface area contributed by atoms with E-state index in [0.717, 1.165) is 19.3 Å². The van der Waals surface area contributed by atoms with Crippen LogP contribution in [0.1, 0.15) is 61.9 Å². The Morgan fingerprint density at radius 2 is 1.75 bits per heavy atom. The second kappa shape index (κ2) is 13.8. The van der Waals surface area contributed by atoms with Crippen LogP contribution in [-0.2, 0) is 25.6 Å². The number of hydrogen-bond donors (Lipinski definition) is 4. The van der Waals surface area contributed by atoms with E-state index in [0.29, 0.717) is 12.1 Å². The monoisotopic (exact) mass is 450 g/mol. The van der Waals surface area contributed by atoms with E-state index in [2.05, 4.69) is 10.6 Å². The summed E-state index contributed by atoms with van der Waals surface area (Å²) in [5, 5.41) is 22.8. The molecule has 176 valence electrons. The first-order valence-corrected chi connectivity index (χ1v) is 10.4. The van der Waals surface area contributed by atoms with Gasteiger partial charge in [0.05, 0.1) is 12.0 Å². The molecule has 0 radical (unpaired) electrons. The highest BCUT2D eigenvalue weighted by molar-refractivity contribution is 5.97. The second-order valence-electron chi connectivity index (χ2n) is 7.29. The van der Waals surface area contributed by atoms with Crippen molar-refractivity contribution in [2.45, 2.75) is 58.4 Å². The van der Waals surface area contributed by atoms with E-state index in [1.165, 1.54) is 19.1 Å². The molecular weight excluding hydrogens is 420 g/mol. The number of amides is 2. The SMILES string of the molecule is CCCCCNC(=O)[C@H](Cc1ccc(OCC(=O)O)c(C(C)=O)c1)NC(=O)CCC(=O)O. The molecule has 32 heavy (non-hydrogen) atoms. The van der Waals surface area contributed by atoms with Crippen LogP contribution in [0.5, 0.6) is 5.75 Å². The third-order valence-corrected chi connectivity index (χ3v) is 4.51. The first kappa shape index (κ1) is 26.6. The van der Waals surface area contributed by atoms with Crippen molar-refractivity contribution in [2.75, 3.05) is 13.2 Å². The number of ketones is 1. The minimum Gasteiger partial charge on any atom is -0.481 e. The predicted octanol–water partition coefficient (Wildman–Crippen LogP) is 1.55. The molecule has 1 atom stereocenters. The Morgan fingerprint density at radius 3 is 2.34 bits per heavy atom. The minimum atomic E-state index is -1.19. The number of rotatable bonds is 15. The standard InChI is InChI=1S/C22H30N2O8/c1-3-4-5-10-23-22(31)17(24-19(26)8-9-20(27)28)12-15-6-7-18(32-13-21(29)30)16(11-15)14(2)25/h6-7,11,17H,3-5,8-10,12-13H2,1-2H3,(H,23,31)(H,24,26)(H,27,28)(H,29,30)/t17-/m0/s1. The molecule has 0 aliphatic rings. The Bertz CT molecular complexity index is 837. The number of carboxylic acid groups (broad SMARTS) is 2. The van der Waals surface area contributed by atoms with Gasteiger partial charge in [-0.2, -0.15) is 0 Å². The zero-order valence-electron chi connectivity index (χ0n) is 18.3. The lowest BCUT2D eigenvalue weighted by Gasteiger charge is -2.19. The molecule has 0 aromatic heterocycles. The number of hydrogen-bond acceptors (Lipinski definition) is 6. The Hall–Kier alpha value is -3.43. The average Bonchev–Trinajstić information content (AvgIpc) is 2.73. The molecule has 2 amide bonds. The lowest BCUT2D eigenvalue weighted by Crippen LogP contribution is -2.48. The van der Waals surface area contributed by atoms with Crippen LogP contribution in [0.2, 0.25) is 0 Å². The highest BCUT2D eigenvalue weighted by atomic mass is 16.5. The molecular formula is C22H30N2O8. The van der Waals surface area contributed by atoms with E-state index in [1.807, 2.05) is 6.92 Å². The van der Waals surface area contributed by atoms with Crippen LogP contribution in [0.3, 0.4) is 0 Å². The van der Waals surface area contributed by atoms with Gasteiger partial charge in [0.15, 0.2) is 12.4 Å². The molecule has 1 aromatic rings. The number of nitrogens with one attached hydrogen (secondary N) is 2. The summed E-state index contributed by atoms with van der Waals surface area (Å²) in [6.45, 7) is 3.17. The Kier molecular flexibility index (Phi) is 11.5. The summed E-state index contributed by atoms with van der Waals surface area (Å²) in [5.74, 6) is -3.54. The first-order valence-electron chi connectivity index (χ1n) is 10.4. The molecule has 0 saturated carbocycles. The van der Waals surface area contributed by atoms with Crippen LogP contribution in [-0.4, -0.2) is 58.9 Å². The van der Waals surface area contributed by atoms with Crippen molar-refractivity contribution < 1.29 is 38.9 Å². The second-order valence-corrected chi connectivity index (χ2v) is 7.29. The fourth-order valence-electron chi connectivity index (χ4n) is 2.89. The Balaban J connectivity index is 3.00. The van der Waals surface area contributed by atoms with Crippen LogP contribution in [0.25, 0.3) is 0 Å². The van der Waals surface area contributed by atoms with Gasteiger partial charge in [0.2, 0.25) is 11.8 Å². The molecule has 1 rings (SSSR count). The van der Waals surface area contributed by atoms with Crippen molar-refractivity contribution in [3.63, 3.8) is 0 Å². The Labute approximate surface area is 186 Å². The summed E-state index contributed by atoms with van der Waals surface area (Å²) in [6, 6.07) is 3.53. The quantitative estimate of drug-likeness (QED) is 0.231. The number of Topliss-reactive ketones (excluding diaryl/α,β-unsaturated/α-hetero) is 1. The summed E-state index contributed by atoms with van der Waals surface area (Å²) < 4.78 is 5.14. The van der Waals surface area contributed by atoms with Crippen LogP contribution >= 0.6 is 0 Å². The van der Waals surface area contributed by atoms with E-state index in [9.17, 15) is 24.0 Å². The maximum Gasteiger partial charge on any atom is 0.341 e. The van der Waals surface area contributed by atoms with Crippen molar-refractivity contribution in [3.05, 3.63) is 29.3 Å². The fraction of sp³-hybridized carbons (Fsp3) is 0.500. The lowest BCUT2D eigenvalue weighted by atomic mass is 10.00. The number of unbranched alkanes of at least 4 members (excludes halogenated alkanes) is 2. The van der Waals surface area contributed by atoms with Crippen molar-refractivity contribution in [1.82, 2.24) is 10.6 Å². The molecule has 0 saturated heterocycles. The fourth-order valence-corrected chi connectivity index (χ4v) is 2.89. The van der Waals surface area contributed by atoms with Crippen molar-refractivity contribution in [1.29, 1.82) is 0 Å². The zero-order chi connectivity index (χ0) is 24.1. The smallest absolute Gasteiger partial charge is 0.341 e. The van der Waals surface area contributed by atoms with Crippen LogP contribution < -0.4 is 15.4 Å². The van der Waals surface area contributed by atoms with Crippen molar-refractivity contribution in [2.24, 2.45) is 0 Å². The largest absolute Gasteiger partial charge is 0.481 e. The number of carbonyl (C=O) groups is 5. The molecule has 0 bridgehead atoms. The minimum absolute atomic E-state index is 0.0535. The molecule has 10 nitrogen and oxygen atoms in total. The van der Waals surface area contributed by atoms with Gasteiger partial charge in [-0.15, -0.1) is 0 Å². The molecule has 0 aliphatic heterocycles. The van der Waals surface area contributed by atoms with Gasteiger partial charge in [0.25, 0.3) is 0 Å². The van der Waals surface area contributed by atoms with Crippen molar-refractivity contribution in [3.8, 4) is 5.75 Å². The van der Waals surface area contributed by atoms with E-state index >= 15 is 0 Å². The normalized spacial score (nSPS) is 11.3. The van der Waals surface area contributed by atoms with Gasteiger partial charge in [0, 0.05) is 19.4 Å². The van der Waals surface area contributed by atoms with Gasteiger partial charge in [-0.1, -0.05) is 25.8 Å². The highest BCUT2D eigenvalue weighted by Gasteiger charge is 2.22. The third-order valence-electron chi connectivity index (χ3n) is 4.51. The van der Waals surface area contributed by atoms with Crippen LogP contribution in [0, 0.1) is 0 Å². The topological polar surface area (TPSA) is 159 Å². The lowest BCUT2D eigenvalue weighted by molar-refractivity contribution is -0.139. The van der Waals surface area contributed by atoms with Crippen molar-refractivity contribution >= 4 is 29.5 Å². The van der Waals surface area contributed by atoms with E-state index < -0.39 is 36.4 Å². The molecule has 10 heteroatoms. The number of aliphatic carboxylic acids is 2. The predicted molar refractivity (Wildman–Crippen MR) is 115 cm³/mol. The van der Waals surface area contributed by atoms with Gasteiger partial charge in [-0.25, -0.2) is 4.79 Å². The molecule has 0 aliphatic carbocycles. The molecule has 0 heterocycles. The molecule has 0 unspecified atom stereocenters. The summed E-state index contributed by atoms with van der Waals surface area (Å²) in [5.41, 5.74) is 0.702. The van der Waals surface area contributed by atoms with E-state index in [-0.39, 0.29) is 36.4 Å². The van der Waals surface area contributed by atoms with Gasteiger partial charge in [-0.3, -0.25) is 19.2 Å². The third kappa shape index (κ3) is 10.1.